The van der Waals surface area contributed by atoms with Crippen LogP contribution in [0.5, 0.6) is 5.75 Å². The van der Waals surface area contributed by atoms with E-state index in [1.807, 2.05) is 0 Å². The number of ether oxygens (including phenoxy) is 1. The molecule has 36 heavy (non-hydrogen) atoms. The van der Waals surface area contributed by atoms with Crippen molar-refractivity contribution in [2.24, 2.45) is 13.0 Å². The highest BCUT2D eigenvalue weighted by atomic mass is 32.2. The first kappa shape index (κ1) is 23.9. The number of carbonyl (C=O) groups excluding carboxylic acids is 2. The van der Waals surface area contributed by atoms with Gasteiger partial charge in [-0.1, -0.05) is 0 Å². The van der Waals surface area contributed by atoms with Crippen molar-refractivity contribution in [2.45, 2.75) is 24.8 Å². The zero-order valence-electron chi connectivity index (χ0n) is 19.6. The molecule has 1 fully saturated rings. The fraction of sp³-hybridized carbons (Fsp3) is 0.364. The Morgan fingerprint density at radius 3 is 2.69 bits per heavy atom. The summed E-state index contributed by atoms with van der Waals surface area (Å²) in [6.45, 7) is 3.45. The molecule has 2 amide bonds. The second-order valence-electron chi connectivity index (χ2n) is 8.84. The standard InChI is InChI=1S/C22H23FN6O6S/c1-11-6-14(4-5-15(11)23)24-20(30)18-19-17(9-28(18)3)36(32,33)27-16-8-29(7-13(16)10-34-19)22(31)21-26-25-12(2)35-21/h4-6,9,13,16,27H,7-8,10H2,1-3H3,(H,24,30)/t13-,16?/m0/s1. The maximum absolute atomic E-state index is 13.6. The summed E-state index contributed by atoms with van der Waals surface area (Å²) in [5.74, 6) is -1.96. The van der Waals surface area contributed by atoms with Gasteiger partial charge in [0.15, 0.2) is 11.4 Å². The molecule has 190 valence electrons. The summed E-state index contributed by atoms with van der Waals surface area (Å²) in [6, 6.07) is 3.49. The molecule has 2 N–H and O–H groups in total. The summed E-state index contributed by atoms with van der Waals surface area (Å²) in [5, 5.41) is 10.1. The third-order valence-corrected chi connectivity index (χ3v) is 7.69. The number of rotatable bonds is 3. The molecule has 2 aliphatic rings. The summed E-state index contributed by atoms with van der Waals surface area (Å²) in [6.07, 6.45) is 1.29. The molecule has 1 saturated heterocycles. The maximum atomic E-state index is 13.6. The number of likely N-dealkylation sites (tertiary alicyclic amines) is 1. The molecule has 1 aromatic carbocycles. The lowest BCUT2D eigenvalue weighted by Gasteiger charge is -2.23. The summed E-state index contributed by atoms with van der Waals surface area (Å²) in [7, 11) is -2.57. The van der Waals surface area contributed by atoms with Crippen LogP contribution in [0.2, 0.25) is 0 Å². The minimum absolute atomic E-state index is 0.0110. The number of aromatic nitrogens is 3. The van der Waals surface area contributed by atoms with Crippen LogP contribution in [0, 0.1) is 25.6 Å². The molecule has 0 bridgehead atoms. The number of nitrogens with one attached hydrogen (secondary N) is 2. The summed E-state index contributed by atoms with van der Waals surface area (Å²) >= 11 is 0. The van der Waals surface area contributed by atoms with Crippen molar-refractivity contribution in [2.75, 3.05) is 25.0 Å². The molecule has 0 spiro atoms. The quantitative estimate of drug-likeness (QED) is 0.526. The number of anilines is 1. The van der Waals surface area contributed by atoms with Crippen LogP contribution in [0.3, 0.4) is 0 Å². The third kappa shape index (κ3) is 4.22. The second-order valence-corrected chi connectivity index (χ2v) is 10.5. The van der Waals surface area contributed by atoms with Crippen molar-refractivity contribution in [3.63, 3.8) is 0 Å². The van der Waals surface area contributed by atoms with E-state index in [1.54, 1.807) is 13.8 Å². The van der Waals surface area contributed by atoms with Gasteiger partial charge in [0.1, 0.15) is 10.7 Å². The minimum atomic E-state index is -4.10. The van der Waals surface area contributed by atoms with Gasteiger partial charge in [0.25, 0.3) is 5.91 Å². The van der Waals surface area contributed by atoms with Crippen LogP contribution in [0.15, 0.2) is 33.7 Å². The Morgan fingerprint density at radius 2 is 2.00 bits per heavy atom. The van der Waals surface area contributed by atoms with Gasteiger partial charge in [0.05, 0.1) is 6.61 Å². The lowest BCUT2D eigenvalue weighted by molar-refractivity contribution is 0.0741. The molecule has 0 saturated carbocycles. The first-order valence-corrected chi connectivity index (χ1v) is 12.5. The van der Waals surface area contributed by atoms with Gasteiger partial charge in [0.2, 0.25) is 15.9 Å². The van der Waals surface area contributed by atoms with Gasteiger partial charge in [-0.15, -0.1) is 10.2 Å². The Labute approximate surface area is 205 Å². The van der Waals surface area contributed by atoms with E-state index in [4.69, 9.17) is 9.15 Å². The molecule has 3 aromatic rings. The average molecular weight is 519 g/mol. The molecule has 2 aromatic heterocycles. The van der Waals surface area contributed by atoms with E-state index in [-0.39, 0.29) is 47.8 Å². The number of sulfonamides is 1. The summed E-state index contributed by atoms with van der Waals surface area (Å²) in [4.78, 5) is 27.1. The number of halogens is 1. The van der Waals surface area contributed by atoms with E-state index >= 15 is 0 Å². The van der Waals surface area contributed by atoms with Gasteiger partial charge in [-0.05, 0) is 30.7 Å². The molecule has 12 nitrogen and oxygen atoms in total. The smallest absolute Gasteiger partial charge is 0.311 e. The van der Waals surface area contributed by atoms with Gasteiger partial charge in [0, 0.05) is 50.9 Å². The molecular weight excluding hydrogens is 495 g/mol. The lowest BCUT2D eigenvalue weighted by Crippen LogP contribution is -2.43. The topological polar surface area (TPSA) is 149 Å². The lowest BCUT2D eigenvalue weighted by atomic mass is 10.1. The largest absolute Gasteiger partial charge is 0.489 e. The number of aryl methyl sites for hydroxylation is 3. The normalized spacial score (nSPS) is 20.6. The van der Waals surface area contributed by atoms with Crippen molar-refractivity contribution >= 4 is 27.5 Å². The Kier molecular flexibility index (Phi) is 5.79. The van der Waals surface area contributed by atoms with Crippen molar-refractivity contribution in [3.8, 4) is 5.75 Å². The number of benzene rings is 1. The monoisotopic (exact) mass is 518 g/mol. The minimum Gasteiger partial charge on any atom is -0.489 e. The van der Waals surface area contributed by atoms with Crippen molar-refractivity contribution in [1.29, 1.82) is 0 Å². The van der Waals surface area contributed by atoms with E-state index in [9.17, 15) is 22.4 Å². The van der Waals surface area contributed by atoms with Gasteiger partial charge >= 0.3 is 11.8 Å². The molecule has 0 radical (unpaired) electrons. The van der Waals surface area contributed by atoms with Crippen LogP contribution in [0.1, 0.15) is 32.6 Å². The molecule has 2 atom stereocenters. The zero-order chi connectivity index (χ0) is 25.8. The average Bonchev–Trinajstić information content (AvgIpc) is 3.50. The fourth-order valence-electron chi connectivity index (χ4n) is 4.39. The molecule has 14 heteroatoms. The van der Waals surface area contributed by atoms with Crippen LogP contribution in [-0.4, -0.2) is 65.6 Å². The number of carbonyl (C=O) groups is 2. The van der Waals surface area contributed by atoms with Crippen LogP contribution in [0.25, 0.3) is 0 Å². The number of nitrogens with zero attached hydrogens (tertiary/aromatic N) is 4. The third-order valence-electron chi connectivity index (χ3n) is 6.21. The Balaban J connectivity index is 1.41. The van der Waals surface area contributed by atoms with Crippen molar-refractivity contribution in [1.82, 2.24) is 24.4 Å². The van der Waals surface area contributed by atoms with Gasteiger partial charge in [-0.3, -0.25) is 9.59 Å². The van der Waals surface area contributed by atoms with E-state index in [0.29, 0.717) is 11.3 Å². The molecular formula is C22H23FN6O6S. The van der Waals surface area contributed by atoms with E-state index in [0.717, 1.165) is 0 Å². The Hall–Kier alpha value is -3.78. The van der Waals surface area contributed by atoms with E-state index in [2.05, 4.69) is 20.2 Å². The van der Waals surface area contributed by atoms with Gasteiger partial charge < -0.3 is 23.9 Å². The van der Waals surface area contributed by atoms with Gasteiger partial charge in [-0.25, -0.2) is 17.5 Å². The van der Waals surface area contributed by atoms with Crippen LogP contribution in [-0.2, 0) is 17.1 Å². The maximum Gasteiger partial charge on any atom is 0.311 e. The second kappa shape index (κ2) is 8.71. The molecule has 2 aliphatic heterocycles. The number of hydrogen-bond acceptors (Lipinski definition) is 8. The number of amides is 2. The summed E-state index contributed by atoms with van der Waals surface area (Å²) < 4.78 is 55.2. The zero-order valence-corrected chi connectivity index (χ0v) is 20.4. The van der Waals surface area contributed by atoms with Crippen LogP contribution >= 0.6 is 0 Å². The Morgan fingerprint density at radius 1 is 1.22 bits per heavy atom. The highest BCUT2D eigenvalue weighted by Crippen LogP contribution is 2.35. The fourth-order valence-corrected chi connectivity index (χ4v) is 5.88. The number of fused-ring (bicyclic) bond motifs is 2. The predicted octanol–water partition coefficient (Wildman–Crippen LogP) is 1.23. The van der Waals surface area contributed by atoms with Gasteiger partial charge in [-0.2, -0.15) is 0 Å². The number of hydrogen-bond donors (Lipinski definition) is 2. The predicted molar refractivity (Wildman–Crippen MR) is 123 cm³/mol. The first-order valence-electron chi connectivity index (χ1n) is 11.0. The summed E-state index contributed by atoms with van der Waals surface area (Å²) in [5.41, 5.74) is 0.685. The van der Waals surface area contributed by atoms with Crippen molar-refractivity contribution < 1.29 is 31.6 Å². The highest BCUT2D eigenvalue weighted by molar-refractivity contribution is 7.89. The van der Waals surface area contributed by atoms with E-state index < -0.39 is 39.6 Å². The SMILES string of the molecule is Cc1nnc(C(=O)N2CC3NS(=O)(=O)c4cn(C)c(C(=O)Nc5ccc(F)c(C)c5)c4OC[C@@H]3C2)o1. The van der Waals surface area contributed by atoms with Crippen LogP contribution in [0.4, 0.5) is 10.1 Å². The van der Waals surface area contributed by atoms with Crippen LogP contribution < -0.4 is 14.8 Å². The molecule has 0 aliphatic carbocycles. The molecule has 4 heterocycles. The molecule has 5 rings (SSSR count). The highest BCUT2D eigenvalue weighted by Gasteiger charge is 2.43. The van der Waals surface area contributed by atoms with E-state index in [1.165, 1.54) is 40.9 Å². The molecule has 1 unspecified atom stereocenters. The Bertz CT molecular complexity index is 1480. The first-order chi connectivity index (χ1) is 17.0. The van der Waals surface area contributed by atoms with Crippen molar-refractivity contribution in [3.05, 3.63) is 53.3 Å².